The highest BCUT2D eigenvalue weighted by Gasteiger charge is 2.10. The number of halogens is 2. The normalized spacial score (nSPS) is 11.9. The molecule has 1 atom stereocenters. The van der Waals surface area contributed by atoms with E-state index < -0.39 is 5.82 Å². The Morgan fingerprint density at radius 1 is 1.56 bits per heavy atom. The summed E-state index contributed by atoms with van der Waals surface area (Å²) in [5, 5.41) is 20.6. The van der Waals surface area contributed by atoms with Crippen LogP contribution >= 0.6 is 15.9 Å². The molecular formula is C13H16BrFN2O. The van der Waals surface area contributed by atoms with Crippen LogP contribution in [0.2, 0.25) is 0 Å². The third-order valence-corrected chi connectivity index (χ3v) is 3.48. The van der Waals surface area contributed by atoms with Crippen LogP contribution in [0.3, 0.4) is 0 Å². The Kier molecular flexibility index (Phi) is 6.10. The second kappa shape index (κ2) is 7.34. The highest BCUT2D eigenvalue weighted by molar-refractivity contribution is 9.10. The van der Waals surface area contributed by atoms with Crippen molar-refractivity contribution in [1.82, 2.24) is 0 Å². The van der Waals surface area contributed by atoms with E-state index in [1.165, 1.54) is 0 Å². The fourth-order valence-electron chi connectivity index (χ4n) is 1.54. The van der Waals surface area contributed by atoms with Crippen LogP contribution in [0.25, 0.3) is 0 Å². The molecule has 2 N–H and O–H groups in total. The molecule has 5 heteroatoms. The number of hydrogen-bond acceptors (Lipinski definition) is 3. The van der Waals surface area contributed by atoms with Crippen molar-refractivity contribution >= 4 is 21.6 Å². The van der Waals surface area contributed by atoms with Crippen LogP contribution in [0.15, 0.2) is 16.6 Å². The molecule has 0 aromatic heterocycles. The van der Waals surface area contributed by atoms with Crippen LogP contribution in [0.4, 0.5) is 10.1 Å². The first kappa shape index (κ1) is 14.9. The minimum atomic E-state index is -0.441. The molecule has 0 saturated heterocycles. The fraction of sp³-hybridized carbons (Fsp3) is 0.462. The molecule has 1 unspecified atom stereocenters. The topological polar surface area (TPSA) is 56.0 Å². The predicted octanol–water partition coefficient (Wildman–Crippen LogP) is 3.28. The van der Waals surface area contributed by atoms with E-state index in [4.69, 9.17) is 10.4 Å². The number of nitriles is 1. The molecule has 0 heterocycles. The zero-order valence-corrected chi connectivity index (χ0v) is 11.8. The predicted molar refractivity (Wildman–Crippen MR) is 72.8 cm³/mol. The van der Waals surface area contributed by atoms with Crippen LogP contribution in [-0.2, 0) is 0 Å². The van der Waals surface area contributed by atoms with E-state index in [0.717, 1.165) is 12.8 Å². The molecule has 0 aliphatic heterocycles. The number of aliphatic hydroxyl groups excluding tert-OH is 1. The van der Waals surface area contributed by atoms with Gasteiger partial charge in [0, 0.05) is 13.2 Å². The molecule has 0 bridgehead atoms. The van der Waals surface area contributed by atoms with Gasteiger partial charge in [0.1, 0.15) is 6.07 Å². The molecule has 1 aromatic rings. The summed E-state index contributed by atoms with van der Waals surface area (Å²) in [6.07, 6.45) is 1.75. The quantitative estimate of drug-likeness (QED) is 0.792. The van der Waals surface area contributed by atoms with E-state index in [-0.39, 0.29) is 22.6 Å². The molecule has 1 aromatic carbocycles. The van der Waals surface area contributed by atoms with Gasteiger partial charge >= 0.3 is 0 Å². The number of nitrogens with one attached hydrogen (secondary N) is 1. The number of anilines is 1. The lowest BCUT2D eigenvalue weighted by Crippen LogP contribution is -2.07. The van der Waals surface area contributed by atoms with Gasteiger partial charge in [-0.3, -0.25) is 0 Å². The minimum Gasteiger partial charge on any atom is -0.396 e. The molecule has 0 saturated carbocycles. The largest absolute Gasteiger partial charge is 0.396 e. The van der Waals surface area contributed by atoms with Gasteiger partial charge < -0.3 is 10.4 Å². The van der Waals surface area contributed by atoms with Crippen molar-refractivity contribution in [1.29, 1.82) is 5.26 Å². The molecule has 0 spiro atoms. The van der Waals surface area contributed by atoms with Crippen molar-refractivity contribution in [3.05, 3.63) is 28.0 Å². The Labute approximate surface area is 115 Å². The molecule has 1 rings (SSSR count). The molecule has 18 heavy (non-hydrogen) atoms. The second-order valence-corrected chi connectivity index (χ2v) is 5.05. The van der Waals surface area contributed by atoms with Crippen LogP contribution in [-0.4, -0.2) is 18.3 Å². The average Bonchev–Trinajstić information content (AvgIpc) is 2.39. The maximum atomic E-state index is 13.8. The van der Waals surface area contributed by atoms with Crippen molar-refractivity contribution in [2.75, 3.05) is 18.5 Å². The first-order valence-electron chi connectivity index (χ1n) is 5.83. The lowest BCUT2D eigenvalue weighted by atomic mass is 10.1. The van der Waals surface area contributed by atoms with Gasteiger partial charge in [-0.1, -0.05) is 6.92 Å². The fourth-order valence-corrected chi connectivity index (χ4v) is 1.97. The third kappa shape index (κ3) is 3.97. The standard InChI is InChI=1S/C13H16BrFN2O/c1-9(8-18)3-2-6-17-11-5-4-10(7-16)12(14)13(11)15/h4-5,9,17-18H,2-3,6,8H2,1H3. The summed E-state index contributed by atoms with van der Waals surface area (Å²) in [6.45, 7) is 2.79. The van der Waals surface area contributed by atoms with E-state index in [0.29, 0.717) is 12.2 Å². The second-order valence-electron chi connectivity index (χ2n) is 4.26. The van der Waals surface area contributed by atoms with Gasteiger partial charge in [0.25, 0.3) is 0 Å². The number of nitrogens with zero attached hydrogens (tertiary/aromatic N) is 1. The van der Waals surface area contributed by atoms with E-state index in [1.54, 1.807) is 12.1 Å². The Morgan fingerprint density at radius 2 is 2.28 bits per heavy atom. The van der Waals surface area contributed by atoms with Crippen LogP contribution in [0.1, 0.15) is 25.3 Å². The summed E-state index contributed by atoms with van der Waals surface area (Å²) in [6, 6.07) is 5.05. The SMILES string of the molecule is CC(CO)CCCNc1ccc(C#N)c(Br)c1F. The molecule has 98 valence electrons. The zero-order valence-electron chi connectivity index (χ0n) is 10.2. The molecule has 0 aliphatic carbocycles. The van der Waals surface area contributed by atoms with Gasteiger partial charge in [-0.05, 0) is 46.8 Å². The third-order valence-electron chi connectivity index (χ3n) is 2.70. The Balaban J connectivity index is 2.54. The highest BCUT2D eigenvalue weighted by atomic mass is 79.9. The van der Waals surface area contributed by atoms with E-state index >= 15 is 0 Å². The number of rotatable bonds is 6. The van der Waals surface area contributed by atoms with Crippen molar-refractivity contribution in [2.45, 2.75) is 19.8 Å². The van der Waals surface area contributed by atoms with Crippen molar-refractivity contribution in [3.8, 4) is 6.07 Å². The van der Waals surface area contributed by atoms with Gasteiger partial charge in [0.15, 0.2) is 5.82 Å². The summed E-state index contributed by atoms with van der Waals surface area (Å²) in [5.74, 6) is -0.173. The van der Waals surface area contributed by atoms with Gasteiger partial charge in [0.05, 0.1) is 15.7 Å². The Morgan fingerprint density at radius 3 is 2.89 bits per heavy atom. The zero-order chi connectivity index (χ0) is 13.5. The molecule has 0 amide bonds. The molecule has 0 fully saturated rings. The maximum Gasteiger partial charge on any atom is 0.161 e. The summed E-state index contributed by atoms with van der Waals surface area (Å²) >= 11 is 3.06. The average molecular weight is 315 g/mol. The lowest BCUT2D eigenvalue weighted by Gasteiger charge is -2.11. The van der Waals surface area contributed by atoms with Crippen LogP contribution in [0.5, 0.6) is 0 Å². The number of benzene rings is 1. The van der Waals surface area contributed by atoms with Gasteiger partial charge in [0.2, 0.25) is 0 Å². The Bertz CT molecular complexity index is 445. The van der Waals surface area contributed by atoms with E-state index in [1.807, 2.05) is 13.0 Å². The summed E-state index contributed by atoms with van der Waals surface area (Å²) in [7, 11) is 0. The van der Waals surface area contributed by atoms with Crippen LogP contribution < -0.4 is 5.32 Å². The molecular weight excluding hydrogens is 299 g/mol. The molecule has 0 aliphatic rings. The van der Waals surface area contributed by atoms with Gasteiger partial charge in [-0.25, -0.2) is 4.39 Å². The minimum absolute atomic E-state index is 0.177. The smallest absolute Gasteiger partial charge is 0.161 e. The molecule has 3 nitrogen and oxygen atoms in total. The number of aliphatic hydroxyl groups is 1. The first-order valence-corrected chi connectivity index (χ1v) is 6.62. The van der Waals surface area contributed by atoms with Crippen LogP contribution in [0, 0.1) is 23.1 Å². The van der Waals surface area contributed by atoms with E-state index in [2.05, 4.69) is 21.2 Å². The lowest BCUT2D eigenvalue weighted by molar-refractivity contribution is 0.229. The summed E-state index contributed by atoms with van der Waals surface area (Å²) in [5.41, 5.74) is 0.671. The molecule has 0 radical (unpaired) electrons. The van der Waals surface area contributed by atoms with Crippen molar-refractivity contribution in [3.63, 3.8) is 0 Å². The maximum absolute atomic E-state index is 13.8. The number of hydrogen-bond donors (Lipinski definition) is 2. The van der Waals surface area contributed by atoms with Crippen molar-refractivity contribution in [2.24, 2.45) is 5.92 Å². The van der Waals surface area contributed by atoms with Gasteiger partial charge in [-0.15, -0.1) is 0 Å². The first-order chi connectivity index (χ1) is 8.60. The highest BCUT2D eigenvalue weighted by Crippen LogP contribution is 2.26. The summed E-state index contributed by atoms with van der Waals surface area (Å²) < 4.78 is 14.0. The summed E-state index contributed by atoms with van der Waals surface area (Å²) in [4.78, 5) is 0. The monoisotopic (exact) mass is 314 g/mol. The Hall–Kier alpha value is -1.12. The van der Waals surface area contributed by atoms with Crippen molar-refractivity contribution < 1.29 is 9.50 Å². The van der Waals surface area contributed by atoms with Gasteiger partial charge in [-0.2, -0.15) is 5.26 Å². The van der Waals surface area contributed by atoms with E-state index in [9.17, 15) is 4.39 Å².